The molecule has 0 radical (unpaired) electrons. The molecule has 0 aromatic carbocycles. The van der Waals surface area contributed by atoms with Crippen molar-refractivity contribution >= 4 is 15.8 Å². The van der Waals surface area contributed by atoms with Crippen molar-refractivity contribution in [3.63, 3.8) is 0 Å². The topological polar surface area (TPSA) is 113 Å². The third-order valence-corrected chi connectivity index (χ3v) is 5.00. The van der Waals surface area contributed by atoms with E-state index < -0.39 is 15.3 Å². The standard InChI is InChI=1S/C11H13N5O3S/c12-10-1-3-13-11(15-10)8-5-14-16(6-8)20(17,18)9-2-4-19-7-9/h1,3,5-6,9H,2,4,7H2,(H2,12,13,15). The van der Waals surface area contributed by atoms with Crippen LogP contribution in [0.5, 0.6) is 0 Å². The molecule has 1 atom stereocenters. The van der Waals surface area contributed by atoms with Gasteiger partial charge in [0.1, 0.15) is 11.1 Å². The molecule has 1 saturated heterocycles. The zero-order valence-corrected chi connectivity index (χ0v) is 11.3. The summed E-state index contributed by atoms with van der Waals surface area (Å²) in [5, 5.41) is 3.33. The monoisotopic (exact) mass is 295 g/mol. The van der Waals surface area contributed by atoms with Crippen molar-refractivity contribution in [2.45, 2.75) is 11.7 Å². The summed E-state index contributed by atoms with van der Waals surface area (Å²) in [5.41, 5.74) is 6.07. The number of nitrogens with zero attached hydrogens (tertiary/aromatic N) is 4. The summed E-state index contributed by atoms with van der Waals surface area (Å²) in [5.74, 6) is 0.656. The average Bonchev–Trinajstić information content (AvgIpc) is 3.11. The fourth-order valence-corrected chi connectivity index (χ4v) is 3.38. The lowest BCUT2D eigenvalue weighted by molar-refractivity contribution is 0.198. The van der Waals surface area contributed by atoms with Gasteiger partial charge in [-0.1, -0.05) is 0 Å². The number of hydrogen-bond donors (Lipinski definition) is 1. The van der Waals surface area contributed by atoms with Gasteiger partial charge in [-0.3, -0.25) is 0 Å². The molecular weight excluding hydrogens is 282 g/mol. The van der Waals surface area contributed by atoms with Gasteiger partial charge >= 0.3 is 0 Å². The van der Waals surface area contributed by atoms with Crippen LogP contribution < -0.4 is 5.73 Å². The van der Waals surface area contributed by atoms with Crippen molar-refractivity contribution in [1.82, 2.24) is 19.2 Å². The van der Waals surface area contributed by atoms with E-state index in [0.717, 1.165) is 4.09 Å². The molecule has 0 amide bonds. The van der Waals surface area contributed by atoms with Gasteiger partial charge in [-0.15, -0.1) is 0 Å². The molecule has 8 nitrogen and oxygen atoms in total. The molecule has 0 spiro atoms. The number of anilines is 1. The molecule has 1 fully saturated rings. The van der Waals surface area contributed by atoms with E-state index in [-0.39, 0.29) is 6.61 Å². The molecule has 9 heteroatoms. The normalized spacial score (nSPS) is 19.3. The van der Waals surface area contributed by atoms with Crippen molar-refractivity contribution in [3.05, 3.63) is 24.7 Å². The van der Waals surface area contributed by atoms with Crippen molar-refractivity contribution < 1.29 is 13.2 Å². The van der Waals surface area contributed by atoms with Gasteiger partial charge in [-0.05, 0) is 12.5 Å². The van der Waals surface area contributed by atoms with Crippen LogP contribution in [-0.4, -0.2) is 46.0 Å². The summed E-state index contributed by atoms with van der Waals surface area (Å²) >= 11 is 0. The molecule has 0 saturated carbocycles. The van der Waals surface area contributed by atoms with Crippen LogP contribution in [0.1, 0.15) is 6.42 Å². The van der Waals surface area contributed by atoms with Crippen molar-refractivity contribution in [1.29, 1.82) is 0 Å². The Morgan fingerprint density at radius 1 is 1.45 bits per heavy atom. The first kappa shape index (κ1) is 13.0. The number of nitrogen functional groups attached to an aromatic ring is 1. The molecule has 106 valence electrons. The van der Waals surface area contributed by atoms with Gasteiger partial charge < -0.3 is 10.5 Å². The van der Waals surface area contributed by atoms with Crippen LogP contribution in [0.25, 0.3) is 11.4 Å². The quantitative estimate of drug-likeness (QED) is 0.840. The lowest BCUT2D eigenvalue weighted by atomic mass is 10.3. The Kier molecular flexibility index (Phi) is 3.14. The lowest BCUT2D eigenvalue weighted by Gasteiger charge is -2.08. The predicted octanol–water partition coefficient (Wildman–Crippen LogP) is -0.111. The van der Waals surface area contributed by atoms with E-state index in [9.17, 15) is 8.42 Å². The molecule has 1 unspecified atom stereocenters. The summed E-state index contributed by atoms with van der Waals surface area (Å²) in [4.78, 5) is 8.07. The zero-order valence-electron chi connectivity index (χ0n) is 10.5. The number of rotatable bonds is 3. The lowest BCUT2D eigenvalue weighted by Crippen LogP contribution is -2.28. The third-order valence-electron chi connectivity index (χ3n) is 3.07. The van der Waals surface area contributed by atoms with E-state index in [0.29, 0.717) is 30.2 Å². The third kappa shape index (κ3) is 2.25. The molecule has 1 aliphatic heterocycles. The Morgan fingerprint density at radius 3 is 3.00 bits per heavy atom. The summed E-state index contributed by atoms with van der Waals surface area (Å²) in [6, 6.07) is 1.56. The maximum atomic E-state index is 12.3. The molecular formula is C11H13N5O3S. The maximum absolute atomic E-state index is 12.3. The van der Waals surface area contributed by atoms with Crippen molar-refractivity contribution in [2.24, 2.45) is 0 Å². The first-order chi connectivity index (χ1) is 9.57. The summed E-state index contributed by atoms with van der Waals surface area (Å²) < 4.78 is 30.7. The van der Waals surface area contributed by atoms with Crippen LogP contribution in [0, 0.1) is 0 Å². The second kappa shape index (κ2) is 4.84. The number of aromatic nitrogens is 4. The van der Waals surface area contributed by atoms with Crippen LogP contribution in [0.4, 0.5) is 5.82 Å². The van der Waals surface area contributed by atoms with E-state index in [1.54, 1.807) is 6.07 Å². The smallest absolute Gasteiger partial charge is 0.259 e. The van der Waals surface area contributed by atoms with Crippen molar-refractivity contribution in [3.8, 4) is 11.4 Å². The van der Waals surface area contributed by atoms with E-state index in [1.165, 1.54) is 18.6 Å². The number of ether oxygens (including phenoxy) is 1. The van der Waals surface area contributed by atoms with Gasteiger partial charge in [0.05, 0.1) is 24.6 Å². The SMILES string of the molecule is Nc1ccnc(-c2cnn(S(=O)(=O)C3CCOC3)c2)n1. The van der Waals surface area contributed by atoms with E-state index in [4.69, 9.17) is 10.5 Å². The van der Waals surface area contributed by atoms with Crippen LogP contribution in [0.15, 0.2) is 24.7 Å². The second-order valence-electron chi connectivity index (χ2n) is 4.44. The molecule has 1 aliphatic rings. The average molecular weight is 295 g/mol. The molecule has 20 heavy (non-hydrogen) atoms. The van der Waals surface area contributed by atoms with Crippen LogP contribution >= 0.6 is 0 Å². The van der Waals surface area contributed by atoms with Crippen molar-refractivity contribution in [2.75, 3.05) is 18.9 Å². The fraction of sp³-hybridized carbons (Fsp3) is 0.364. The highest BCUT2D eigenvalue weighted by molar-refractivity contribution is 7.90. The molecule has 0 aliphatic carbocycles. The molecule has 3 rings (SSSR count). The Balaban J connectivity index is 1.94. The predicted molar refractivity (Wildman–Crippen MR) is 71.2 cm³/mol. The van der Waals surface area contributed by atoms with E-state index in [2.05, 4.69) is 15.1 Å². The zero-order chi connectivity index (χ0) is 14.2. The highest BCUT2D eigenvalue weighted by Gasteiger charge is 2.31. The first-order valence-electron chi connectivity index (χ1n) is 6.03. The van der Waals surface area contributed by atoms with Crippen LogP contribution in [0.2, 0.25) is 0 Å². The number of hydrogen-bond acceptors (Lipinski definition) is 7. The van der Waals surface area contributed by atoms with E-state index >= 15 is 0 Å². The van der Waals surface area contributed by atoms with Gasteiger partial charge in [0.25, 0.3) is 10.0 Å². The molecule has 2 N–H and O–H groups in total. The Hall–Kier alpha value is -2.00. The van der Waals surface area contributed by atoms with Gasteiger partial charge in [0.2, 0.25) is 0 Å². The fourth-order valence-electron chi connectivity index (χ4n) is 1.97. The Labute approximate surface area is 115 Å². The molecule has 2 aromatic heterocycles. The minimum atomic E-state index is -3.54. The summed E-state index contributed by atoms with van der Waals surface area (Å²) in [7, 11) is -3.54. The molecule has 2 aromatic rings. The highest BCUT2D eigenvalue weighted by Crippen LogP contribution is 2.19. The van der Waals surface area contributed by atoms with Gasteiger partial charge in [-0.25, -0.2) is 18.4 Å². The Bertz CT molecular complexity index is 721. The van der Waals surface area contributed by atoms with Gasteiger partial charge in [0, 0.05) is 12.8 Å². The summed E-state index contributed by atoms with van der Waals surface area (Å²) in [6.45, 7) is 0.655. The first-order valence-corrected chi connectivity index (χ1v) is 7.53. The minimum Gasteiger partial charge on any atom is -0.384 e. The minimum absolute atomic E-state index is 0.201. The number of nitrogens with two attached hydrogens (primary N) is 1. The van der Waals surface area contributed by atoms with Crippen LogP contribution in [0.3, 0.4) is 0 Å². The second-order valence-corrected chi connectivity index (χ2v) is 6.51. The van der Waals surface area contributed by atoms with E-state index in [1.807, 2.05) is 0 Å². The maximum Gasteiger partial charge on any atom is 0.259 e. The molecule has 3 heterocycles. The molecule has 0 bridgehead atoms. The van der Waals surface area contributed by atoms with Gasteiger partial charge in [-0.2, -0.15) is 9.19 Å². The highest BCUT2D eigenvalue weighted by atomic mass is 32.2. The Morgan fingerprint density at radius 2 is 2.30 bits per heavy atom. The summed E-state index contributed by atoms with van der Waals surface area (Å²) in [6.07, 6.45) is 4.78. The van der Waals surface area contributed by atoms with Crippen LogP contribution in [-0.2, 0) is 14.8 Å². The van der Waals surface area contributed by atoms with Gasteiger partial charge in [0.15, 0.2) is 5.82 Å². The largest absolute Gasteiger partial charge is 0.384 e.